The second-order valence-corrected chi connectivity index (χ2v) is 6.16. The van der Waals surface area contributed by atoms with Crippen molar-refractivity contribution in [2.24, 2.45) is 0 Å². The average molecular weight is 345 g/mol. The molecule has 0 fully saturated rings. The minimum atomic E-state index is -0.117. The number of carbonyl (C=O) groups excluding carboxylic acids is 1. The van der Waals surface area contributed by atoms with Crippen LogP contribution in [0.4, 0.5) is 0 Å². The van der Waals surface area contributed by atoms with Crippen LogP contribution in [0.5, 0.6) is 5.75 Å². The molecule has 1 rings (SSSR count). The first-order valence-electron chi connectivity index (χ1n) is 7.63. The lowest BCUT2D eigenvalue weighted by molar-refractivity contribution is -0.123. The maximum atomic E-state index is 11.6. The van der Waals surface area contributed by atoms with Gasteiger partial charge in [-0.05, 0) is 23.1 Å². The van der Waals surface area contributed by atoms with Crippen LogP contribution in [-0.2, 0) is 14.9 Å². The second-order valence-electron chi connectivity index (χ2n) is 6.16. The first-order chi connectivity index (χ1) is 10.4. The number of carbonyl (C=O) groups is 1. The molecular weight excluding hydrogens is 316 g/mol. The minimum absolute atomic E-state index is 0. The van der Waals surface area contributed by atoms with Crippen molar-refractivity contribution in [1.82, 2.24) is 10.6 Å². The van der Waals surface area contributed by atoms with Gasteiger partial charge in [0.25, 0.3) is 5.91 Å². The van der Waals surface area contributed by atoms with Gasteiger partial charge in [0.15, 0.2) is 6.61 Å². The molecule has 1 aromatic rings. The Morgan fingerprint density at radius 2 is 1.74 bits per heavy atom. The van der Waals surface area contributed by atoms with Crippen LogP contribution >= 0.6 is 12.4 Å². The third kappa shape index (κ3) is 9.43. The fourth-order valence-electron chi connectivity index (χ4n) is 1.84. The molecule has 0 bridgehead atoms. The van der Waals surface area contributed by atoms with Gasteiger partial charge < -0.3 is 20.1 Å². The van der Waals surface area contributed by atoms with Crippen LogP contribution in [0.1, 0.15) is 26.3 Å². The summed E-state index contributed by atoms with van der Waals surface area (Å²) in [7, 11) is 1.66. The van der Waals surface area contributed by atoms with Crippen molar-refractivity contribution in [3.05, 3.63) is 29.8 Å². The Kier molecular flexibility index (Phi) is 10.6. The fourth-order valence-corrected chi connectivity index (χ4v) is 1.84. The number of ether oxygens (including phenoxy) is 2. The molecule has 2 N–H and O–H groups in total. The number of methoxy groups -OCH3 is 1. The number of benzene rings is 1. The Labute approximate surface area is 145 Å². The number of halogens is 1. The molecule has 132 valence electrons. The standard InChI is InChI=1S/C17H28N2O3.ClH/c1-17(2,3)14-5-7-15(8-6-14)22-13-16(20)19-10-9-18-11-12-21-4;/h5-8,18H,9-13H2,1-4H3,(H,19,20);1H. The molecule has 0 aliphatic heterocycles. The van der Waals surface area contributed by atoms with Crippen LogP contribution in [0.3, 0.4) is 0 Å². The van der Waals surface area contributed by atoms with Gasteiger partial charge in [0, 0.05) is 26.7 Å². The zero-order chi connectivity index (χ0) is 16.4. The lowest BCUT2D eigenvalue weighted by atomic mass is 9.87. The van der Waals surface area contributed by atoms with Crippen molar-refractivity contribution in [1.29, 1.82) is 0 Å². The molecular formula is C17H29ClN2O3. The van der Waals surface area contributed by atoms with E-state index in [0.717, 1.165) is 13.1 Å². The quantitative estimate of drug-likeness (QED) is 0.674. The van der Waals surface area contributed by atoms with Crippen LogP contribution in [0, 0.1) is 0 Å². The van der Waals surface area contributed by atoms with Crippen molar-refractivity contribution in [2.45, 2.75) is 26.2 Å². The highest BCUT2D eigenvalue weighted by Crippen LogP contribution is 2.24. The largest absolute Gasteiger partial charge is 0.484 e. The van der Waals surface area contributed by atoms with Crippen LogP contribution < -0.4 is 15.4 Å². The topological polar surface area (TPSA) is 59.6 Å². The smallest absolute Gasteiger partial charge is 0.257 e. The van der Waals surface area contributed by atoms with Crippen LogP contribution in [0.25, 0.3) is 0 Å². The highest BCUT2D eigenvalue weighted by Gasteiger charge is 2.13. The molecule has 0 aromatic heterocycles. The molecule has 0 atom stereocenters. The van der Waals surface area contributed by atoms with E-state index in [1.807, 2.05) is 24.3 Å². The predicted molar refractivity (Wildman–Crippen MR) is 95.6 cm³/mol. The third-order valence-corrected chi connectivity index (χ3v) is 3.20. The number of hydrogen-bond donors (Lipinski definition) is 2. The van der Waals surface area contributed by atoms with Gasteiger partial charge >= 0.3 is 0 Å². The summed E-state index contributed by atoms with van der Waals surface area (Å²) < 4.78 is 10.4. The highest BCUT2D eigenvalue weighted by atomic mass is 35.5. The monoisotopic (exact) mass is 344 g/mol. The third-order valence-electron chi connectivity index (χ3n) is 3.20. The molecule has 0 aliphatic rings. The Balaban J connectivity index is 0.00000484. The summed E-state index contributed by atoms with van der Waals surface area (Å²) in [5, 5.41) is 5.95. The van der Waals surface area contributed by atoms with Crippen molar-refractivity contribution in [2.75, 3.05) is 40.0 Å². The average Bonchev–Trinajstić information content (AvgIpc) is 2.48. The molecule has 0 heterocycles. The Morgan fingerprint density at radius 1 is 1.09 bits per heavy atom. The summed E-state index contributed by atoms with van der Waals surface area (Å²) in [5.74, 6) is 0.592. The zero-order valence-corrected chi connectivity index (χ0v) is 15.3. The number of rotatable bonds is 9. The number of nitrogens with one attached hydrogen (secondary N) is 2. The molecule has 0 aliphatic carbocycles. The number of amides is 1. The van der Waals surface area contributed by atoms with E-state index in [4.69, 9.17) is 9.47 Å². The molecule has 0 saturated heterocycles. The first kappa shape index (κ1) is 21.7. The van der Waals surface area contributed by atoms with Gasteiger partial charge in [0.05, 0.1) is 6.61 Å². The van der Waals surface area contributed by atoms with Gasteiger partial charge in [-0.25, -0.2) is 0 Å². The molecule has 0 radical (unpaired) electrons. The van der Waals surface area contributed by atoms with E-state index in [2.05, 4.69) is 31.4 Å². The lowest BCUT2D eigenvalue weighted by Crippen LogP contribution is -2.35. The van der Waals surface area contributed by atoms with Gasteiger partial charge in [0.1, 0.15) is 5.75 Å². The summed E-state index contributed by atoms with van der Waals surface area (Å²) in [6.45, 7) is 9.27. The van der Waals surface area contributed by atoms with E-state index in [0.29, 0.717) is 18.9 Å². The van der Waals surface area contributed by atoms with Gasteiger partial charge in [-0.2, -0.15) is 0 Å². The van der Waals surface area contributed by atoms with E-state index in [1.165, 1.54) is 5.56 Å². The molecule has 0 saturated carbocycles. The van der Waals surface area contributed by atoms with Crippen LogP contribution in [-0.4, -0.2) is 45.9 Å². The van der Waals surface area contributed by atoms with E-state index < -0.39 is 0 Å². The lowest BCUT2D eigenvalue weighted by Gasteiger charge is -2.19. The van der Waals surface area contributed by atoms with Crippen molar-refractivity contribution < 1.29 is 14.3 Å². The Bertz CT molecular complexity index is 444. The molecule has 5 nitrogen and oxygen atoms in total. The fraction of sp³-hybridized carbons (Fsp3) is 0.588. The van der Waals surface area contributed by atoms with E-state index in [9.17, 15) is 4.79 Å². The zero-order valence-electron chi connectivity index (χ0n) is 14.5. The summed E-state index contributed by atoms with van der Waals surface area (Å²) in [4.78, 5) is 11.6. The Morgan fingerprint density at radius 3 is 2.30 bits per heavy atom. The van der Waals surface area contributed by atoms with Crippen molar-refractivity contribution in [3.8, 4) is 5.75 Å². The molecule has 1 aromatic carbocycles. The molecule has 6 heteroatoms. The van der Waals surface area contributed by atoms with Gasteiger partial charge in [-0.15, -0.1) is 12.4 Å². The summed E-state index contributed by atoms with van der Waals surface area (Å²) in [6, 6.07) is 7.88. The maximum absolute atomic E-state index is 11.6. The SMILES string of the molecule is COCCNCCNC(=O)COc1ccc(C(C)(C)C)cc1.Cl. The Hall–Kier alpha value is -1.30. The minimum Gasteiger partial charge on any atom is -0.484 e. The first-order valence-corrected chi connectivity index (χ1v) is 7.63. The summed E-state index contributed by atoms with van der Waals surface area (Å²) in [6.07, 6.45) is 0. The van der Waals surface area contributed by atoms with Crippen molar-refractivity contribution in [3.63, 3.8) is 0 Å². The second kappa shape index (κ2) is 11.3. The van der Waals surface area contributed by atoms with Gasteiger partial charge in [0.2, 0.25) is 0 Å². The maximum Gasteiger partial charge on any atom is 0.257 e. The summed E-state index contributed by atoms with van der Waals surface area (Å²) >= 11 is 0. The van der Waals surface area contributed by atoms with E-state index >= 15 is 0 Å². The van der Waals surface area contributed by atoms with Gasteiger partial charge in [-0.1, -0.05) is 32.9 Å². The van der Waals surface area contributed by atoms with E-state index in [-0.39, 0.29) is 30.3 Å². The molecule has 1 amide bonds. The highest BCUT2D eigenvalue weighted by molar-refractivity contribution is 5.85. The van der Waals surface area contributed by atoms with Crippen molar-refractivity contribution >= 4 is 18.3 Å². The van der Waals surface area contributed by atoms with Crippen LogP contribution in [0.2, 0.25) is 0 Å². The molecule has 0 spiro atoms. The van der Waals surface area contributed by atoms with E-state index in [1.54, 1.807) is 7.11 Å². The van der Waals surface area contributed by atoms with Gasteiger partial charge in [-0.3, -0.25) is 4.79 Å². The normalized spacial score (nSPS) is 10.8. The molecule has 23 heavy (non-hydrogen) atoms. The number of hydrogen-bond acceptors (Lipinski definition) is 4. The molecule has 0 unspecified atom stereocenters. The predicted octanol–water partition coefficient (Wildman–Crippen LogP) is 2.14. The van der Waals surface area contributed by atoms with Crippen LogP contribution in [0.15, 0.2) is 24.3 Å². The summed E-state index contributed by atoms with van der Waals surface area (Å²) in [5.41, 5.74) is 1.36.